The molecule has 3 aromatic carbocycles. The monoisotopic (exact) mass is 582 g/mol. The highest BCUT2D eigenvalue weighted by molar-refractivity contribution is 9.10. The standard InChI is InChI=1S/C27H27BrN4O4S/c1-4-35-24-15-21(14-23(28)26(24)36-17-20-10-6-5-7-11-20)25(16-31(33)34)37-27-30-29-19(3)32(27)22-12-8-9-18(2)13-22/h5-15,25H,4,16-17H2,1-3H3/t25-/m0/s1. The highest BCUT2D eigenvalue weighted by Crippen LogP contribution is 2.43. The van der Waals surface area contributed by atoms with Crippen molar-refractivity contribution in [3.05, 3.63) is 104 Å². The number of nitro groups is 1. The Labute approximate surface area is 228 Å². The van der Waals surface area contributed by atoms with Crippen LogP contribution in [0.25, 0.3) is 5.69 Å². The maximum absolute atomic E-state index is 11.7. The zero-order valence-corrected chi connectivity index (χ0v) is 23.2. The Morgan fingerprint density at radius 3 is 2.54 bits per heavy atom. The minimum Gasteiger partial charge on any atom is -0.490 e. The Bertz CT molecular complexity index is 1380. The summed E-state index contributed by atoms with van der Waals surface area (Å²) in [7, 11) is 0. The first kappa shape index (κ1) is 26.7. The number of thioether (sulfide) groups is 1. The summed E-state index contributed by atoms with van der Waals surface area (Å²) >= 11 is 4.91. The first-order valence-corrected chi connectivity index (χ1v) is 13.4. The quantitative estimate of drug-likeness (QED) is 0.110. The molecule has 4 aromatic rings. The highest BCUT2D eigenvalue weighted by atomic mass is 79.9. The average Bonchev–Trinajstić information content (AvgIpc) is 3.23. The van der Waals surface area contributed by atoms with Crippen molar-refractivity contribution >= 4 is 27.7 Å². The van der Waals surface area contributed by atoms with Gasteiger partial charge in [0, 0.05) is 10.6 Å². The molecule has 0 aliphatic rings. The van der Waals surface area contributed by atoms with Gasteiger partial charge in [-0.15, -0.1) is 10.2 Å². The summed E-state index contributed by atoms with van der Waals surface area (Å²) in [6.07, 6.45) is 0. The van der Waals surface area contributed by atoms with Gasteiger partial charge in [-0.25, -0.2) is 0 Å². The van der Waals surface area contributed by atoms with E-state index in [0.29, 0.717) is 40.2 Å². The van der Waals surface area contributed by atoms with Crippen molar-refractivity contribution in [3.8, 4) is 17.2 Å². The summed E-state index contributed by atoms with van der Waals surface area (Å²) in [5, 5.41) is 20.3. The fourth-order valence-electron chi connectivity index (χ4n) is 3.86. The number of hydrogen-bond acceptors (Lipinski definition) is 7. The second-order valence-corrected chi connectivity index (χ2v) is 10.4. The van der Waals surface area contributed by atoms with Gasteiger partial charge < -0.3 is 9.47 Å². The molecule has 0 unspecified atom stereocenters. The number of nitrogens with zero attached hydrogens (tertiary/aromatic N) is 4. The fraction of sp³-hybridized carbons (Fsp3) is 0.259. The van der Waals surface area contributed by atoms with Crippen molar-refractivity contribution in [2.24, 2.45) is 0 Å². The second kappa shape index (κ2) is 12.2. The molecule has 4 rings (SSSR count). The van der Waals surface area contributed by atoms with Gasteiger partial charge in [0.25, 0.3) is 0 Å². The highest BCUT2D eigenvalue weighted by Gasteiger charge is 2.26. The molecule has 0 saturated carbocycles. The average molecular weight is 584 g/mol. The van der Waals surface area contributed by atoms with E-state index in [4.69, 9.17) is 9.47 Å². The number of aromatic nitrogens is 3. The van der Waals surface area contributed by atoms with Crippen molar-refractivity contribution < 1.29 is 14.4 Å². The van der Waals surface area contributed by atoms with Crippen molar-refractivity contribution in [1.29, 1.82) is 0 Å². The van der Waals surface area contributed by atoms with Gasteiger partial charge in [-0.1, -0.05) is 54.2 Å². The van der Waals surface area contributed by atoms with Gasteiger partial charge in [0.15, 0.2) is 16.7 Å². The molecule has 1 aromatic heterocycles. The van der Waals surface area contributed by atoms with E-state index < -0.39 is 5.25 Å². The minimum atomic E-state index is -0.541. The third-order valence-electron chi connectivity index (χ3n) is 5.55. The van der Waals surface area contributed by atoms with Crippen LogP contribution in [0.15, 0.2) is 76.4 Å². The Balaban J connectivity index is 1.68. The predicted octanol–water partition coefficient (Wildman–Crippen LogP) is 6.73. The number of aryl methyl sites for hydroxylation is 2. The molecule has 0 fully saturated rings. The Hall–Kier alpha value is -3.37. The lowest BCUT2D eigenvalue weighted by molar-refractivity contribution is -0.479. The molecule has 0 saturated heterocycles. The van der Waals surface area contributed by atoms with E-state index in [1.54, 1.807) is 0 Å². The largest absolute Gasteiger partial charge is 0.490 e. The van der Waals surface area contributed by atoms with Crippen LogP contribution in [0.2, 0.25) is 0 Å². The summed E-state index contributed by atoms with van der Waals surface area (Å²) in [5.74, 6) is 1.78. The molecule has 10 heteroatoms. The van der Waals surface area contributed by atoms with Gasteiger partial charge in [0.2, 0.25) is 6.54 Å². The lowest BCUT2D eigenvalue weighted by Crippen LogP contribution is -2.12. The molecule has 8 nitrogen and oxygen atoms in total. The topological polar surface area (TPSA) is 92.3 Å². The van der Waals surface area contributed by atoms with Crippen LogP contribution < -0.4 is 9.47 Å². The maximum Gasteiger partial charge on any atom is 0.220 e. The van der Waals surface area contributed by atoms with Crippen LogP contribution in [0.5, 0.6) is 11.5 Å². The zero-order valence-electron chi connectivity index (χ0n) is 20.8. The molecule has 0 aliphatic heterocycles. The molecule has 0 N–H and O–H groups in total. The van der Waals surface area contributed by atoms with E-state index in [9.17, 15) is 10.1 Å². The lowest BCUT2D eigenvalue weighted by atomic mass is 10.1. The van der Waals surface area contributed by atoms with E-state index in [1.165, 1.54) is 11.8 Å². The second-order valence-electron chi connectivity index (χ2n) is 8.36. The number of hydrogen-bond donors (Lipinski definition) is 0. The predicted molar refractivity (Wildman–Crippen MR) is 147 cm³/mol. The van der Waals surface area contributed by atoms with Gasteiger partial charge in [-0.2, -0.15) is 0 Å². The van der Waals surface area contributed by atoms with Gasteiger partial charge in [-0.3, -0.25) is 14.7 Å². The molecule has 0 bridgehead atoms. The lowest BCUT2D eigenvalue weighted by Gasteiger charge is -2.19. The molecule has 0 spiro atoms. The molecule has 0 radical (unpaired) electrons. The third kappa shape index (κ3) is 6.69. The number of ether oxygens (including phenoxy) is 2. The van der Waals surface area contributed by atoms with E-state index in [1.807, 2.05) is 92.1 Å². The Morgan fingerprint density at radius 2 is 1.84 bits per heavy atom. The van der Waals surface area contributed by atoms with Crippen molar-refractivity contribution in [2.45, 2.75) is 37.8 Å². The summed E-state index contributed by atoms with van der Waals surface area (Å²) in [6, 6.07) is 21.5. The van der Waals surface area contributed by atoms with Crippen LogP contribution in [0.3, 0.4) is 0 Å². The fourth-order valence-corrected chi connectivity index (χ4v) is 5.59. The third-order valence-corrected chi connectivity index (χ3v) is 7.32. The summed E-state index contributed by atoms with van der Waals surface area (Å²) < 4.78 is 14.6. The number of benzene rings is 3. The number of rotatable bonds is 11. The zero-order chi connectivity index (χ0) is 26.4. The molecule has 1 heterocycles. The first-order chi connectivity index (χ1) is 17.9. The number of halogens is 1. The van der Waals surface area contributed by atoms with Crippen molar-refractivity contribution in [3.63, 3.8) is 0 Å². The van der Waals surface area contributed by atoms with Crippen molar-refractivity contribution in [1.82, 2.24) is 14.8 Å². The molecular weight excluding hydrogens is 556 g/mol. The van der Waals surface area contributed by atoms with Crippen LogP contribution >= 0.6 is 27.7 Å². The Morgan fingerprint density at radius 1 is 1.05 bits per heavy atom. The van der Waals surface area contributed by atoms with E-state index in [-0.39, 0.29) is 11.5 Å². The van der Waals surface area contributed by atoms with Crippen LogP contribution in [0, 0.1) is 24.0 Å². The van der Waals surface area contributed by atoms with Crippen LogP contribution in [-0.4, -0.2) is 32.8 Å². The molecular formula is C27H27BrN4O4S. The SMILES string of the molecule is CCOc1cc([C@H](C[N+](=O)[O-])Sc2nnc(C)n2-c2cccc(C)c2)cc(Br)c1OCc1ccccc1. The van der Waals surface area contributed by atoms with E-state index >= 15 is 0 Å². The van der Waals surface area contributed by atoms with Gasteiger partial charge in [0.1, 0.15) is 17.7 Å². The van der Waals surface area contributed by atoms with Gasteiger partial charge in [-0.05, 0) is 77.7 Å². The summed E-state index contributed by atoms with van der Waals surface area (Å²) in [5.41, 5.74) is 3.75. The van der Waals surface area contributed by atoms with Gasteiger partial charge in [0.05, 0.1) is 11.1 Å². The molecule has 0 amide bonds. The van der Waals surface area contributed by atoms with Crippen molar-refractivity contribution in [2.75, 3.05) is 13.2 Å². The van der Waals surface area contributed by atoms with E-state index in [2.05, 4.69) is 26.1 Å². The molecule has 1 atom stereocenters. The summed E-state index contributed by atoms with van der Waals surface area (Å²) in [6.45, 7) is 6.26. The minimum absolute atomic E-state index is 0.299. The Kier molecular flexibility index (Phi) is 8.83. The maximum atomic E-state index is 11.7. The van der Waals surface area contributed by atoms with Crippen LogP contribution in [-0.2, 0) is 6.61 Å². The molecule has 37 heavy (non-hydrogen) atoms. The summed E-state index contributed by atoms with van der Waals surface area (Å²) in [4.78, 5) is 11.4. The molecule has 0 aliphatic carbocycles. The van der Waals surface area contributed by atoms with Crippen LogP contribution in [0.1, 0.15) is 34.7 Å². The van der Waals surface area contributed by atoms with Crippen LogP contribution in [0.4, 0.5) is 0 Å². The van der Waals surface area contributed by atoms with E-state index in [0.717, 1.165) is 22.4 Å². The smallest absolute Gasteiger partial charge is 0.220 e. The normalized spacial score (nSPS) is 11.8. The first-order valence-electron chi connectivity index (χ1n) is 11.8. The molecule has 192 valence electrons. The van der Waals surface area contributed by atoms with Gasteiger partial charge >= 0.3 is 0 Å².